The van der Waals surface area contributed by atoms with E-state index in [2.05, 4.69) is 0 Å². The SMILES string of the molecule is Cl.NCC[C@@H](N)c1cc(O)ccc1O. The molecule has 0 aromatic heterocycles. The molecule has 5 heteroatoms. The third-order valence-electron chi connectivity index (χ3n) is 1.89. The summed E-state index contributed by atoms with van der Waals surface area (Å²) in [6.07, 6.45) is 0.580. The van der Waals surface area contributed by atoms with E-state index in [0.717, 1.165) is 0 Å². The van der Waals surface area contributed by atoms with Gasteiger partial charge in [0.05, 0.1) is 0 Å². The fraction of sp³-hybridized carbons (Fsp3) is 0.333. The minimum absolute atomic E-state index is 0. The monoisotopic (exact) mass is 218 g/mol. The van der Waals surface area contributed by atoms with Crippen LogP contribution in [-0.4, -0.2) is 16.8 Å². The van der Waals surface area contributed by atoms with Crippen molar-refractivity contribution in [3.63, 3.8) is 0 Å². The number of hydrogen-bond acceptors (Lipinski definition) is 4. The number of rotatable bonds is 3. The van der Waals surface area contributed by atoms with E-state index in [0.29, 0.717) is 18.5 Å². The fourth-order valence-electron chi connectivity index (χ4n) is 1.17. The highest BCUT2D eigenvalue weighted by molar-refractivity contribution is 5.85. The molecule has 0 fully saturated rings. The van der Waals surface area contributed by atoms with Gasteiger partial charge in [-0.1, -0.05) is 0 Å². The van der Waals surface area contributed by atoms with E-state index in [1.165, 1.54) is 18.2 Å². The Hall–Kier alpha value is -0.970. The lowest BCUT2D eigenvalue weighted by Crippen LogP contribution is -2.15. The molecule has 4 nitrogen and oxygen atoms in total. The van der Waals surface area contributed by atoms with E-state index < -0.39 is 0 Å². The van der Waals surface area contributed by atoms with Crippen LogP contribution in [0.15, 0.2) is 18.2 Å². The predicted molar refractivity (Wildman–Crippen MR) is 57.6 cm³/mol. The maximum atomic E-state index is 9.40. The number of benzene rings is 1. The minimum atomic E-state index is -0.322. The molecule has 0 heterocycles. The second-order valence-corrected chi connectivity index (χ2v) is 2.93. The van der Waals surface area contributed by atoms with E-state index >= 15 is 0 Å². The van der Waals surface area contributed by atoms with Gasteiger partial charge in [0.15, 0.2) is 0 Å². The normalized spacial score (nSPS) is 11.9. The molecule has 14 heavy (non-hydrogen) atoms. The summed E-state index contributed by atoms with van der Waals surface area (Å²) in [5.74, 6) is 0.194. The molecule has 0 saturated carbocycles. The number of halogens is 1. The second kappa shape index (κ2) is 5.70. The van der Waals surface area contributed by atoms with Gasteiger partial charge in [-0.2, -0.15) is 0 Å². The van der Waals surface area contributed by atoms with E-state index in [4.69, 9.17) is 16.6 Å². The fourth-order valence-corrected chi connectivity index (χ4v) is 1.17. The van der Waals surface area contributed by atoms with Gasteiger partial charge in [0.1, 0.15) is 11.5 Å². The van der Waals surface area contributed by atoms with Crippen LogP contribution in [-0.2, 0) is 0 Å². The van der Waals surface area contributed by atoms with Crippen molar-refractivity contribution in [1.29, 1.82) is 0 Å². The molecule has 0 spiro atoms. The highest BCUT2D eigenvalue weighted by atomic mass is 35.5. The molecule has 0 bridgehead atoms. The molecule has 0 saturated heterocycles. The molecule has 1 atom stereocenters. The first-order chi connectivity index (χ1) is 6.15. The summed E-state index contributed by atoms with van der Waals surface area (Å²) in [4.78, 5) is 0. The van der Waals surface area contributed by atoms with Crippen LogP contribution in [0.4, 0.5) is 0 Å². The number of phenols is 2. The topological polar surface area (TPSA) is 92.5 Å². The van der Waals surface area contributed by atoms with Gasteiger partial charge in [0.2, 0.25) is 0 Å². The average molecular weight is 219 g/mol. The Morgan fingerprint density at radius 2 is 1.93 bits per heavy atom. The van der Waals surface area contributed by atoms with Gasteiger partial charge in [0.25, 0.3) is 0 Å². The molecule has 6 N–H and O–H groups in total. The summed E-state index contributed by atoms with van der Waals surface area (Å²) in [6, 6.07) is 3.96. The van der Waals surface area contributed by atoms with Crippen molar-refractivity contribution >= 4 is 12.4 Å². The highest BCUT2D eigenvalue weighted by Gasteiger charge is 2.10. The lowest BCUT2D eigenvalue weighted by atomic mass is 10.0. The Balaban J connectivity index is 0.00000169. The maximum Gasteiger partial charge on any atom is 0.120 e. The quantitative estimate of drug-likeness (QED) is 0.567. The van der Waals surface area contributed by atoms with Crippen molar-refractivity contribution in [1.82, 2.24) is 0 Å². The van der Waals surface area contributed by atoms with Crippen LogP contribution >= 0.6 is 12.4 Å². The van der Waals surface area contributed by atoms with Crippen LogP contribution in [0.25, 0.3) is 0 Å². The molecule has 1 rings (SSSR count). The smallest absolute Gasteiger partial charge is 0.120 e. The van der Waals surface area contributed by atoms with Crippen molar-refractivity contribution in [2.24, 2.45) is 11.5 Å². The molecule has 0 aliphatic rings. The van der Waals surface area contributed by atoms with Crippen molar-refractivity contribution in [2.45, 2.75) is 12.5 Å². The van der Waals surface area contributed by atoms with Crippen molar-refractivity contribution in [3.8, 4) is 11.5 Å². The molecular formula is C9H15ClN2O2. The second-order valence-electron chi connectivity index (χ2n) is 2.93. The van der Waals surface area contributed by atoms with Crippen LogP contribution in [0.1, 0.15) is 18.0 Å². The van der Waals surface area contributed by atoms with Gasteiger partial charge < -0.3 is 21.7 Å². The number of phenolic OH excluding ortho intramolecular Hbond substituents is 2. The zero-order valence-corrected chi connectivity index (χ0v) is 8.50. The molecular weight excluding hydrogens is 204 g/mol. The molecule has 0 aliphatic carbocycles. The highest BCUT2D eigenvalue weighted by Crippen LogP contribution is 2.27. The van der Waals surface area contributed by atoms with E-state index in [1.807, 2.05) is 0 Å². The van der Waals surface area contributed by atoms with Gasteiger partial charge in [-0.25, -0.2) is 0 Å². The summed E-state index contributed by atoms with van der Waals surface area (Å²) >= 11 is 0. The summed E-state index contributed by atoms with van der Waals surface area (Å²) < 4.78 is 0. The Bertz CT molecular complexity index is 294. The summed E-state index contributed by atoms with van der Waals surface area (Å²) in [7, 11) is 0. The van der Waals surface area contributed by atoms with Gasteiger partial charge in [-0.15, -0.1) is 12.4 Å². The Morgan fingerprint density at radius 3 is 2.50 bits per heavy atom. The number of nitrogens with two attached hydrogens (primary N) is 2. The lowest BCUT2D eigenvalue weighted by molar-refractivity contribution is 0.446. The third kappa shape index (κ3) is 3.06. The van der Waals surface area contributed by atoms with E-state index in [-0.39, 0.29) is 29.9 Å². The molecule has 1 aromatic carbocycles. The minimum Gasteiger partial charge on any atom is -0.508 e. The predicted octanol–water partition coefficient (Wildman–Crippen LogP) is 0.868. The first-order valence-electron chi connectivity index (χ1n) is 4.12. The Morgan fingerprint density at radius 1 is 1.29 bits per heavy atom. The van der Waals surface area contributed by atoms with Gasteiger partial charge in [-0.3, -0.25) is 0 Å². The summed E-state index contributed by atoms with van der Waals surface area (Å²) in [6.45, 7) is 0.455. The largest absolute Gasteiger partial charge is 0.508 e. The van der Waals surface area contributed by atoms with Gasteiger partial charge in [0, 0.05) is 11.6 Å². The zero-order chi connectivity index (χ0) is 9.84. The average Bonchev–Trinajstić information content (AvgIpc) is 2.09. The Kier molecular flexibility index (Phi) is 5.30. The van der Waals surface area contributed by atoms with Crippen LogP contribution in [0.5, 0.6) is 11.5 Å². The summed E-state index contributed by atoms with van der Waals surface area (Å²) in [5, 5.41) is 18.6. The number of aromatic hydroxyl groups is 2. The van der Waals surface area contributed by atoms with Crippen LogP contribution in [0.2, 0.25) is 0 Å². The molecule has 80 valence electrons. The standard InChI is InChI=1S/C9H14N2O2.ClH/c10-4-3-8(11)7-5-6(12)1-2-9(7)13;/h1-2,5,8,12-13H,3-4,10-11H2;1H/t8-;/m1./s1. The Labute approximate surface area is 88.9 Å². The van der Waals surface area contributed by atoms with E-state index in [9.17, 15) is 5.11 Å². The first-order valence-corrected chi connectivity index (χ1v) is 4.12. The third-order valence-corrected chi connectivity index (χ3v) is 1.89. The maximum absolute atomic E-state index is 9.40. The van der Waals surface area contributed by atoms with Crippen LogP contribution < -0.4 is 11.5 Å². The lowest BCUT2D eigenvalue weighted by Gasteiger charge is -2.12. The molecule has 0 aliphatic heterocycles. The van der Waals surface area contributed by atoms with Gasteiger partial charge in [-0.05, 0) is 31.2 Å². The first kappa shape index (κ1) is 13.0. The van der Waals surface area contributed by atoms with Crippen LogP contribution in [0.3, 0.4) is 0 Å². The van der Waals surface area contributed by atoms with E-state index in [1.54, 1.807) is 0 Å². The van der Waals surface area contributed by atoms with Gasteiger partial charge >= 0.3 is 0 Å². The molecule has 1 aromatic rings. The van der Waals surface area contributed by atoms with Crippen LogP contribution in [0, 0.1) is 0 Å². The summed E-state index contributed by atoms with van der Waals surface area (Å²) in [5.41, 5.74) is 11.6. The van der Waals surface area contributed by atoms with Crippen molar-refractivity contribution in [2.75, 3.05) is 6.54 Å². The zero-order valence-electron chi connectivity index (χ0n) is 7.68. The van der Waals surface area contributed by atoms with Crippen molar-refractivity contribution in [3.05, 3.63) is 23.8 Å². The molecule has 0 radical (unpaired) electrons. The number of hydrogen-bond donors (Lipinski definition) is 4. The van der Waals surface area contributed by atoms with Crippen molar-refractivity contribution < 1.29 is 10.2 Å². The molecule has 0 amide bonds. The molecule has 0 unspecified atom stereocenters.